The lowest BCUT2D eigenvalue weighted by atomic mass is 10.0. The zero-order valence-electron chi connectivity index (χ0n) is 22.5. The number of unbranched alkanes of at least 4 members (excludes halogenated alkanes) is 1. The highest BCUT2D eigenvalue weighted by Gasteiger charge is 2.17. The fraction of sp³-hybridized carbons (Fsp3) is 0.212. The van der Waals surface area contributed by atoms with Gasteiger partial charge in [0, 0.05) is 73.7 Å². The molecule has 0 N–H and O–H groups in total. The van der Waals surface area contributed by atoms with Gasteiger partial charge in [0.25, 0.3) is 0 Å². The second kappa shape index (κ2) is 12.6. The molecule has 4 nitrogen and oxygen atoms in total. The summed E-state index contributed by atoms with van der Waals surface area (Å²) in [7, 11) is 8.31. The number of nitrogens with zero attached hydrogens (tertiary/aromatic N) is 4. The van der Waals surface area contributed by atoms with Gasteiger partial charge in [-0.2, -0.15) is 9.83 Å². The molecule has 4 rings (SSSR count). The number of pyridine rings is 1. The second-order valence-corrected chi connectivity index (χ2v) is 10.6. The van der Waals surface area contributed by atoms with Crippen molar-refractivity contribution in [2.45, 2.75) is 12.8 Å². The standard InChI is InChI=1S/C33H34BrN4/c1-36(2)30-19-12-26(13-20-30)28-23-32(38(4)33(24-28)27-10-14-29(34)15-11-27)18-9-25-7-16-31(17-8-25)37(3)22-6-5-21-35/h7-20,23-24H,5-6,22H2,1-4H3/q+1. The largest absolute Gasteiger partial charge is 0.378 e. The van der Waals surface area contributed by atoms with Crippen LogP contribution in [0.1, 0.15) is 24.1 Å². The van der Waals surface area contributed by atoms with Crippen LogP contribution < -0.4 is 14.4 Å². The Hall–Kier alpha value is -3.88. The molecule has 5 heteroatoms. The summed E-state index contributed by atoms with van der Waals surface area (Å²) in [5, 5.41) is 8.78. The van der Waals surface area contributed by atoms with Crippen LogP contribution in [0.25, 0.3) is 34.5 Å². The van der Waals surface area contributed by atoms with E-state index in [0.29, 0.717) is 6.42 Å². The SMILES string of the molecule is CN(C)c1ccc(-c2cc(/C=C/c3ccc(N(C)CCCC#N)cc3)[n+](C)c(-c3ccc(Br)cc3)c2)cc1. The Bertz CT molecular complexity index is 1430. The Balaban J connectivity index is 1.67. The fourth-order valence-electron chi connectivity index (χ4n) is 4.40. The molecule has 0 radical (unpaired) electrons. The summed E-state index contributed by atoms with van der Waals surface area (Å²) in [5.41, 5.74) is 9.30. The van der Waals surface area contributed by atoms with Crippen molar-refractivity contribution < 1.29 is 4.57 Å². The zero-order valence-corrected chi connectivity index (χ0v) is 24.1. The highest BCUT2D eigenvalue weighted by molar-refractivity contribution is 9.10. The van der Waals surface area contributed by atoms with E-state index in [1.807, 2.05) is 0 Å². The molecule has 3 aromatic carbocycles. The molecular weight excluding hydrogens is 532 g/mol. The Labute approximate surface area is 235 Å². The number of benzene rings is 3. The summed E-state index contributed by atoms with van der Waals surface area (Å²) in [5.74, 6) is 0. The van der Waals surface area contributed by atoms with Crippen molar-refractivity contribution in [2.24, 2.45) is 7.05 Å². The van der Waals surface area contributed by atoms with E-state index in [4.69, 9.17) is 5.26 Å². The van der Waals surface area contributed by atoms with E-state index in [2.05, 4.69) is 162 Å². The molecule has 0 atom stereocenters. The van der Waals surface area contributed by atoms with E-state index in [1.54, 1.807) is 0 Å². The minimum absolute atomic E-state index is 0.587. The molecule has 1 aromatic heterocycles. The van der Waals surface area contributed by atoms with E-state index in [-0.39, 0.29) is 0 Å². The predicted molar refractivity (Wildman–Crippen MR) is 164 cm³/mol. The summed E-state index contributed by atoms with van der Waals surface area (Å²) in [6.45, 7) is 0.875. The lowest BCUT2D eigenvalue weighted by Crippen LogP contribution is -2.34. The van der Waals surface area contributed by atoms with Crippen molar-refractivity contribution in [3.63, 3.8) is 0 Å². The first kappa shape index (κ1) is 27.2. The maximum atomic E-state index is 8.78. The molecule has 1 heterocycles. The first-order chi connectivity index (χ1) is 18.4. The summed E-state index contributed by atoms with van der Waals surface area (Å²) in [6, 6.07) is 32.5. The number of aromatic nitrogens is 1. The van der Waals surface area contributed by atoms with Gasteiger partial charge in [0.1, 0.15) is 7.05 Å². The van der Waals surface area contributed by atoms with Gasteiger partial charge in [-0.15, -0.1) is 0 Å². The van der Waals surface area contributed by atoms with Crippen LogP contribution in [0, 0.1) is 11.3 Å². The van der Waals surface area contributed by atoms with Crippen molar-refractivity contribution in [1.82, 2.24) is 0 Å². The normalized spacial score (nSPS) is 10.9. The van der Waals surface area contributed by atoms with Gasteiger partial charge in [-0.3, -0.25) is 0 Å². The van der Waals surface area contributed by atoms with Gasteiger partial charge in [-0.25, -0.2) is 0 Å². The molecule has 0 bridgehead atoms. The van der Waals surface area contributed by atoms with E-state index < -0.39 is 0 Å². The third-order valence-electron chi connectivity index (χ3n) is 6.76. The second-order valence-electron chi connectivity index (χ2n) is 9.67. The minimum atomic E-state index is 0.587. The first-order valence-corrected chi connectivity index (χ1v) is 13.6. The number of anilines is 2. The van der Waals surface area contributed by atoms with Gasteiger partial charge >= 0.3 is 0 Å². The quantitative estimate of drug-likeness (QED) is 0.155. The highest BCUT2D eigenvalue weighted by Crippen LogP contribution is 2.28. The molecule has 192 valence electrons. The third-order valence-corrected chi connectivity index (χ3v) is 7.29. The summed E-state index contributed by atoms with van der Waals surface area (Å²) in [4.78, 5) is 4.31. The van der Waals surface area contributed by atoms with Crippen molar-refractivity contribution in [3.8, 4) is 28.5 Å². The van der Waals surface area contributed by atoms with Gasteiger partial charge in [0.2, 0.25) is 11.4 Å². The van der Waals surface area contributed by atoms with E-state index in [0.717, 1.165) is 40.1 Å². The van der Waals surface area contributed by atoms with Crippen LogP contribution in [0.15, 0.2) is 89.4 Å². The molecule has 0 amide bonds. The van der Waals surface area contributed by atoms with Crippen LogP contribution in [-0.2, 0) is 7.05 Å². The average molecular weight is 567 g/mol. The molecule has 0 aliphatic rings. The number of halogens is 1. The molecule has 0 saturated carbocycles. The third kappa shape index (κ3) is 6.70. The topological polar surface area (TPSA) is 34.1 Å². The average Bonchev–Trinajstić information content (AvgIpc) is 2.93. The van der Waals surface area contributed by atoms with Crippen molar-refractivity contribution >= 4 is 39.5 Å². The number of hydrogen-bond acceptors (Lipinski definition) is 3. The van der Waals surface area contributed by atoms with E-state index in [1.165, 1.54) is 22.4 Å². The molecule has 0 spiro atoms. The number of nitriles is 1. The van der Waals surface area contributed by atoms with Gasteiger partial charge < -0.3 is 9.80 Å². The van der Waals surface area contributed by atoms with Crippen molar-refractivity contribution in [1.29, 1.82) is 5.26 Å². The monoisotopic (exact) mass is 565 g/mol. The molecule has 4 aromatic rings. The van der Waals surface area contributed by atoms with Gasteiger partial charge in [-0.05, 0) is 77.7 Å². The molecule has 0 aliphatic carbocycles. The van der Waals surface area contributed by atoms with Crippen LogP contribution in [-0.4, -0.2) is 27.7 Å². The van der Waals surface area contributed by atoms with Crippen molar-refractivity contribution in [3.05, 3.63) is 101 Å². The number of hydrogen-bond donors (Lipinski definition) is 0. The first-order valence-electron chi connectivity index (χ1n) is 12.8. The van der Waals surface area contributed by atoms with Crippen LogP contribution >= 0.6 is 15.9 Å². The summed E-state index contributed by atoms with van der Waals surface area (Å²) >= 11 is 3.56. The summed E-state index contributed by atoms with van der Waals surface area (Å²) < 4.78 is 3.31. The Morgan fingerprint density at radius 1 is 0.789 bits per heavy atom. The lowest BCUT2D eigenvalue weighted by Gasteiger charge is -2.18. The van der Waals surface area contributed by atoms with Gasteiger partial charge in [-0.1, -0.05) is 40.2 Å². The van der Waals surface area contributed by atoms with Crippen LogP contribution in [0.5, 0.6) is 0 Å². The van der Waals surface area contributed by atoms with Gasteiger partial charge in [0.05, 0.1) is 6.07 Å². The van der Waals surface area contributed by atoms with Crippen LogP contribution in [0.2, 0.25) is 0 Å². The fourth-order valence-corrected chi connectivity index (χ4v) is 4.67. The predicted octanol–water partition coefficient (Wildman–Crippen LogP) is 7.58. The smallest absolute Gasteiger partial charge is 0.213 e. The minimum Gasteiger partial charge on any atom is -0.378 e. The van der Waals surface area contributed by atoms with E-state index >= 15 is 0 Å². The zero-order chi connectivity index (χ0) is 27.1. The Morgan fingerprint density at radius 3 is 2.05 bits per heavy atom. The van der Waals surface area contributed by atoms with Crippen LogP contribution in [0.4, 0.5) is 11.4 Å². The molecule has 0 fully saturated rings. The maximum absolute atomic E-state index is 8.78. The lowest BCUT2D eigenvalue weighted by molar-refractivity contribution is -0.662. The van der Waals surface area contributed by atoms with Crippen LogP contribution in [0.3, 0.4) is 0 Å². The van der Waals surface area contributed by atoms with Crippen molar-refractivity contribution in [2.75, 3.05) is 37.5 Å². The highest BCUT2D eigenvalue weighted by atomic mass is 79.9. The molecule has 38 heavy (non-hydrogen) atoms. The Kier molecular flexibility index (Phi) is 8.99. The molecular formula is C33H34BrN4+. The molecule has 0 aliphatic heterocycles. The van der Waals surface area contributed by atoms with Gasteiger partial charge in [0.15, 0.2) is 0 Å². The number of rotatable bonds is 9. The Morgan fingerprint density at radius 2 is 1.42 bits per heavy atom. The van der Waals surface area contributed by atoms with E-state index in [9.17, 15) is 0 Å². The molecule has 0 saturated heterocycles. The maximum Gasteiger partial charge on any atom is 0.213 e. The summed E-state index contributed by atoms with van der Waals surface area (Å²) in [6.07, 6.45) is 5.81. The molecule has 0 unspecified atom stereocenters.